The van der Waals surface area contributed by atoms with E-state index in [-0.39, 0.29) is 34.2 Å². The standard InChI is InChI=1S/C40H56O3/c1-29(17-13-19-31(3)21-22-36-33(5)25-34(41)26-37(36,6)7)15-11-12-16-30(2)18-14-20-32(4)23-24-40-38(8,9)27-35(42)28-39(40,10)43-40/h11-25,34-36,41-42H,26-28H2,1-10H3/b12-11+,17-13?,18-14+,22-21?,24-23+,29-15?,30-16+,31-19?,32-20+. The minimum Gasteiger partial charge on any atom is -0.393 e. The fraction of sp³-hybridized carbons (Fsp3) is 0.500. The number of hydrogen-bond donors (Lipinski definition) is 2. The summed E-state index contributed by atoms with van der Waals surface area (Å²) in [5, 5.41) is 20.3. The third-order valence-electron chi connectivity index (χ3n) is 9.43. The molecule has 1 heterocycles. The van der Waals surface area contributed by atoms with Crippen molar-refractivity contribution in [2.75, 3.05) is 0 Å². The van der Waals surface area contributed by atoms with E-state index < -0.39 is 0 Å². The molecule has 3 heteroatoms. The van der Waals surface area contributed by atoms with Crippen LogP contribution in [0.15, 0.2) is 119 Å². The predicted molar refractivity (Wildman–Crippen MR) is 184 cm³/mol. The summed E-state index contributed by atoms with van der Waals surface area (Å²) in [6, 6.07) is 0. The van der Waals surface area contributed by atoms with Crippen molar-refractivity contribution in [3.8, 4) is 0 Å². The minimum absolute atomic E-state index is 0.0547. The number of hydrogen-bond acceptors (Lipinski definition) is 3. The van der Waals surface area contributed by atoms with Gasteiger partial charge < -0.3 is 14.9 Å². The van der Waals surface area contributed by atoms with Gasteiger partial charge in [0.25, 0.3) is 0 Å². The highest BCUT2D eigenvalue weighted by molar-refractivity contribution is 5.37. The molecule has 2 aliphatic carbocycles. The number of aliphatic hydroxyl groups excluding tert-OH is 2. The third kappa shape index (κ3) is 8.91. The first-order chi connectivity index (χ1) is 20.0. The molecule has 1 saturated carbocycles. The molecule has 0 bridgehead atoms. The van der Waals surface area contributed by atoms with E-state index in [9.17, 15) is 10.2 Å². The molecule has 1 aliphatic heterocycles. The molecule has 0 spiro atoms. The molecule has 234 valence electrons. The average Bonchev–Trinajstić information content (AvgIpc) is 3.49. The molecule has 1 saturated heterocycles. The van der Waals surface area contributed by atoms with E-state index >= 15 is 0 Å². The van der Waals surface area contributed by atoms with E-state index in [0.717, 1.165) is 12.8 Å². The molecular weight excluding hydrogens is 528 g/mol. The lowest BCUT2D eigenvalue weighted by Gasteiger charge is -2.39. The van der Waals surface area contributed by atoms with Crippen LogP contribution in [0.1, 0.15) is 88.5 Å². The van der Waals surface area contributed by atoms with Crippen LogP contribution in [0.5, 0.6) is 0 Å². The molecule has 43 heavy (non-hydrogen) atoms. The molecule has 2 fully saturated rings. The summed E-state index contributed by atoms with van der Waals surface area (Å²) in [6.45, 7) is 21.5. The van der Waals surface area contributed by atoms with Crippen LogP contribution >= 0.6 is 0 Å². The van der Waals surface area contributed by atoms with Crippen molar-refractivity contribution in [1.82, 2.24) is 0 Å². The van der Waals surface area contributed by atoms with Gasteiger partial charge in [-0.3, -0.25) is 0 Å². The van der Waals surface area contributed by atoms with Crippen molar-refractivity contribution in [3.05, 3.63) is 119 Å². The van der Waals surface area contributed by atoms with Crippen molar-refractivity contribution in [1.29, 1.82) is 0 Å². The Hall–Kier alpha value is -2.72. The summed E-state index contributed by atoms with van der Waals surface area (Å²) in [7, 11) is 0. The van der Waals surface area contributed by atoms with Crippen molar-refractivity contribution < 1.29 is 14.9 Å². The third-order valence-corrected chi connectivity index (χ3v) is 9.43. The molecule has 0 radical (unpaired) electrons. The highest BCUT2D eigenvalue weighted by Gasteiger charge is 2.74. The largest absolute Gasteiger partial charge is 0.393 e. The molecule has 0 aromatic heterocycles. The molecule has 2 N–H and O–H groups in total. The van der Waals surface area contributed by atoms with E-state index in [0.29, 0.717) is 12.3 Å². The smallest absolute Gasteiger partial charge is 0.121 e. The van der Waals surface area contributed by atoms with Gasteiger partial charge in [-0.1, -0.05) is 141 Å². The predicted octanol–water partition coefficient (Wildman–Crippen LogP) is 9.61. The van der Waals surface area contributed by atoms with E-state index in [2.05, 4.69) is 154 Å². The Balaban J connectivity index is 1.49. The first kappa shape index (κ1) is 34.8. The minimum atomic E-state index is -0.333. The molecule has 3 rings (SSSR count). The molecule has 3 aliphatic rings. The number of aliphatic hydroxyl groups is 2. The molecule has 3 nitrogen and oxygen atoms in total. The van der Waals surface area contributed by atoms with Gasteiger partial charge in [-0.2, -0.15) is 0 Å². The number of fused-ring (bicyclic) bond motifs is 1. The Morgan fingerprint density at radius 3 is 1.77 bits per heavy atom. The number of rotatable bonds is 10. The van der Waals surface area contributed by atoms with Gasteiger partial charge in [0.2, 0.25) is 0 Å². The van der Waals surface area contributed by atoms with Crippen LogP contribution in [0.2, 0.25) is 0 Å². The Bertz CT molecular complexity index is 1320. The second-order valence-corrected chi connectivity index (χ2v) is 14.6. The van der Waals surface area contributed by atoms with Gasteiger partial charge in [0.05, 0.1) is 12.2 Å². The molecule has 0 aromatic carbocycles. The van der Waals surface area contributed by atoms with Crippen LogP contribution < -0.4 is 0 Å². The summed E-state index contributed by atoms with van der Waals surface area (Å²) in [5.74, 6) is 0.345. The van der Waals surface area contributed by atoms with Gasteiger partial charge in [-0.15, -0.1) is 0 Å². The zero-order valence-electron chi connectivity index (χ0n) is 28.3. The second-order valence-electron chi connectivity index (χ2n) is 14.6. The van der Waals surface area contributed by atoms with E-state index in [1.807, 2.05) is 6.08 Å². The monoisotopic (exact) mass is 584 g/mol. The lowest BCUT2D eigenvalue weighted by atomic mass is 9.63. The van der Waals surface area contributed by atoms with Gasteiger partial charge >= 0.3 is 0 Å². The van der Waals surface area contributed by atoms with Gasteiger partial charge in [-0.25, -0.2) is 0 Å². The summed E-state index contributed by atoms with van der Waals surface area (Å²) in [6.07, 6.45) is 33.5. The Labute approximate surface area is 262 Å². The zero-order chi connectivity index (χ0) is 32.1. The zero-order valence-corrected chi connectivity index (χ0v) is 28.3. The van der Waals surface area contributed by atoms with E-state index in [1.165, 1.54) is 27.9 Å². The van der Waals surface area contributed by atoms with E-state index in [4.69, 9.17) is 4.74 Å². The quantitative estimate of drug-likeness (QED) is 0.153. The summed E-state index contributed by atoms with van der Waals surface area (Å²) in [4.78, 5) is 0. The van der Waals surface area contributed by atoms with Gasteiger partial charge in [-0.05, 0) is 65.9 Å². The van der Waals surface area contributed by atoms with Crippen LogP contribution in [-0.2, 0) is 4.74 Å². The van der Waals surface area contributed by atoms with Crippen molar-refractivity contribution in [2.24, 2.45) is 16.7 Å². The lowest BCUT2D eigenvalue weighted by Crippen LogP contribution is -2.46. The van der Waals surface area contributed by atoms with Crippen molar-refractivity contribution in [3.63, 3.8) is 0 Å². The van der Waals surface area contributed by atoms with Gasteiger partial charge in [0, 0.05) is 17.8 Å². The maximum atomic E-state index is 10.2. The fourth-order valence-electron chi connectivity index (χ4n) is 7.07. The van der Waals surface area contributed by atoms with Gasteiger partial charge in [0.15, 0.2) is 0 Å². The fourth-order valence-corrected chi connectivity index (χ4v) is 7.07. The van der Waals surface area contributed by atoms with Crippen molar-refractivity contribution >= 4 is 0 Å². The van der Waals surface area contributed by atoms with Crippen LogP contribution in [0.25, 0.3) is 0 Å². The maximum absolute atomic E-state index is 10.2. The summed E-state index contributed by atoms with van der Waals surface area (Å²) >= 11 is 0. The second kappa shape index (κ2) is 13.9. The average molecular weight is 585 g/mol. The molecule has 0 amide bonds. The molecule has 5 atom stereocenters. The van der Waals surface area contributed by atoms with Gasteiger partial charge in [0.1, 0.15) is 11.2 Å². The Morgan fingerprint density at radius 1 is 0.721 bits per heavy atom. The van der Waals surface area contributed by atoms with E-state index in [1.54, 1.807) is 0 Å². The van der Waals surface area contributed by atoms with Crippen molar-refractivity contribution in [2.45, 2.75) is 112 Å². The van der Waals surface area contributed by atoms with Crippen LogP contribution in [0.4, 0.5) is 0 Å². The molecule has 5 unspecified atom stereocenters. The summed E-state index contributed by atoms with van der Waals surface area (Å²) in [5.41, 5.74) is 5.38. The number of epoxide rings is 1. The molecular formula is C40H56O3. The first-order valence-electron chi connectivity index (χ1n) is 15.8. The van der Waals surface area contributed by atoms with Crippen LogP contribution in [0.3, 0.4) is 0 Å². The highest BCUT2D eigenvalue weighted by atomic mass is 16.6. The number of ether oxygens (including phenoxy) is 1. The van der Waals surface area contributed by atoms with Crippen LogP contribution in [-0.4, -0.2) is 33.6 Å². The lowest BCUT2D eigenvalue weighted by molar-refractivity contribution is 0.0515. The normalized spacial score (nSPS) is 33.8. The summed E-state index contributed by atoms with van der Waals surface area (Å²) < 4.78 is 6.25. The first-order valence-corrected chi connectivity index (χ1v) is 15.8. The molecule has 0 aromatic rings. The van der Waals surface area contributed by atoms with Crippen LogP contribution in [0, 0.1) is 16.7 Å². The highest BCUT2D eigenvalue weighted by Crippen LogP contribution is 2.66. The number of allylic oxidation sites excluding steroid dienone is 18. The maximum Gasteiger partial charge on any atom is 0.121 e. The Kier molecular flexibility index (Phi) is 11.3. The SMILES string of the molecule is CC(C=CC1C(C)=CC(O)CC1(C)C)=CC=CC(C)=C/C=C/C=C(C)/C=C/C=C(C)/C=C/C12OC1(C)CC(O)CC2(C)C. The Morgan fingerprint density at radius 2 is 1.23 bits per heavy atom. The topological polar surface area (TPSA) is 53.0 Å².